The molecule has 1 saturated heterocycles. The minimum absolute atomic E-state index is 0.0640. The molecule has 6 nitrogen and oxygen atoms in total. The highest BCUT2D eigenvalue weighted by Crippen LogP contribution is 2.48. The molecule has 1 fully saturated rings. The molecular formula is C16H26N2O4. The third kappa shape index (κ3) is 3.34. The van der Waals surface area contributed by atoms with Crippen LogP contribution in [0.2, 0.25) is 0 Å². The quantitative estimate of drug-likeness (QED) is 0.803. The van der Waals surface area contributed by atoms with E-state index in [9.17, 15) is 20.0 Å². The number of amides is 1. The van der Waals surface area contributed by atoms with E-state index >= 15 is 0 Å². The van der Waals surface area contributed by atoms with Gasteiger partial charge in [0.05, 0.1) is 6.07 Å². The number of ether oxygens (including phenoxy) is 1. The van der Waals surface area contributed by atoms with Crippen LogP contribution in [-0.2, 0) is 9.53 Å². The Hall–Kier alpha value is -1.77. The fraction of sp³-hybridized carbons (Fsp3) is 0.812. The van der Waals surface area contributed by atoms with Crippen LogP contribution in [0.4, 0.5) is 4.79 Å². The van der Waals surface area contributed by atoms with Crippen molar-refractivity contribution in [2.45, 2.75) is 78.0 Å². The van der Waals surface area contributed by atoms with Gasteiger partial charge in [-0.25, -0.2) is 4.79 Å². The minimum atomic E-state index is -1.49. The predicted molar refractivity (Wildman–Crippen MR) is 81.1 cm³/mol. The van der Waals surface area contributed by atoms with Crippen LogP contribution < -0.4 is 0 Å². The number of nitrogens with zero attached hydrogens (tertiary/aromatic N) is 2. The smallest absolute Gasteiger partial charge is 0.411 e. The molecule has 1 N–H and O–H groups in total. The molecule has 124 valence electrons. The van der Waals surface area contributed by atoms with E-state index in [0.717, 1.165) is 0 Å². The number of piperidine rings is 1. The monoisotopic (exact) mass is 310 g/mol. The summed E-state index contributed by atoms with van der Waals surface area (Å²) in [4.78, 5) is 25.8. The predicted octanol–water partition coefficient (Wildman–Crippen LogP) is 3.17. The number of likely N-dealkylation sites (tertiary alicyclic amines) is 1. The van der Waals surface area contributed by atoms with Gasteiger partial charge in [0.25, 0.3) is 0 Å². The van der Waals surface area contributed by atoms with E-state index in [4.69, 9.17) is 4.74 Å². The molecule has 1 aliphatic heterocycles. The Balaban J connectivity index is 3.27. The number of rotatable bonds is 1. The van der Waals surface area contributed by atoms with Gasteiger partial charge in [-0.2, -0.15) is 5.26 Å². The molecule has 6 heteroatoms. The number of nitriles is 1. The molecule has 0 aliphatic carbocycles. The topological polar surface area (TPSA) is 90.6 Å². The fourth-order valence-electron chi connectivity index (χ4n) is 3.60. The van der Waals surface area contributed by atoms with Gasteiger partial charge in [-0.1, -0.05) is 0 Å². The average molecular weight is 310 g/mol. The average Bonchev–Trinajstić information content (AvgIpc) is 2.21. The minimum Gasteiger partial charge on any atom is -0.480 e. The number of carbonyl (C=O) groups excluding carboxylic acids is 1. The summed E-state index contributed by atoms with van der Waals surface area (Å²) < 4.78 is 5.47. The number of aliphatic carboxylic acids is 1. The number of carbonyl (C=O) groups is 2. The molecule has 0 unspecified atom stereocenters. The third-order valence-corrected chi connectivity index (χ3v) is 3.88. The van der Waals surface area contributed by atoms with Gasteiger partial charge in [0, 0.05) is 11.1 Å². The van der Waals surface area contributed by atoms with Crippen molar-refractivity contribution in [1.29, 1.82) is 5.26 Å². The first-order valence-corrected chi connectivity index (χ1v) is 7.35. The van der Waals surface area contributed by atoms with Crippen LogP contribution in [-0.4, -0.2) is 38.7 Å². The highest BCUT2D eigenvalue weighted by atomic mass is 16.6. The van der Waals surface area contributed by atoms with Crippen LogP contribution >= 0.6 is 0 Å². The number of carboxylic acid groups (broad SMARTS) is 1. The van der Waals surface area contributed by atoms with Gasteiger partial charge in [0.15, 0.2) is 5.41 Å². The summed E-state index contributed by atoms with van der Waals surface area (Å²) in [6.07, 6.45) is -0.359. The molecule has 1 rings (SSSR count). The molecule has 0 aromatic carbocycles. The maximum atomic E-state index is 12.6. The largest absolute Gasteiger partial charge is 0.480 e. The molecular weight excluding hydrogens is 284 g/mol. The number of hydrogen-bond donors (Lipinski definition) is 1. The van der Waals surface area contributed by atoms with E-state index in [1.165, 1.54) is 0 Å². The normalized spacial score (nSPS) is 22.5. The molecule has 22 heavy (non-hydrogen) atoms. The van der Waals surface area contributed by atoms with Crippen LogP contribution in [0.1, 0.15) is 61.3 Å². The second-order valence-electron chi connectivity index (χ2n) is 8.29. The van der Waals surface area contributed by atoms with Crippen molar-refractivity contribution < 1.29 is 19.4 Å². The summed E-state index contributed by atoms with van der Waals surface area (Å²) in [5.74, 6) is -1.14. The molecule has 1 amide bonds. The van der Waals surface area contributed by atoms with Gasteiger partial charge < -0.3 is 9.84 Å². The molecule has 0 bridgehead atoms. The Labute approximate surface area is 132 Å². The maximum Gasteiger partial charge on any atom is 0.411 e. The summed E-state index contributed by atoms with van der Waals surface area (Å²) in [6, 6.07) is 1.96. The van der Waals surface area contributed by atoms with E-state index in [2.05, 4.69) is 0 Å². The van der Waals surface area contributed by atoms with Crippen molar-refractivity contribution in [3.8, 4) is 6.07 Å². The summed E-state index contributed by atoms with van der Waals surface area (Å²) in [7, 11) is 0. The van der Waals surface area contributed by atoms with Gasteiger partial charge in [0.1, 0.15) is 5.60 Å². The van der Waals surface area contributed by atoms with Crippen LogP contribution in [0.3, 0.4) is 0 Å². The van der Waals surface area contributed by atoms with E-state index in [1.807, 2.05) is 6.07 Å². The van der Waals surface area contributed by atoms with Gasteiger partial charge >= 0.3 is 12.1 Å². The van der Waals surface area contributed by atoms with E-state index in [1.54, 1.807) is 53.4 Å². The number of carboxylic acids is 1. The molecule has 0 aromatic heterocycles. The van der Waals surface area contributed by atoms with Crippen molar-refractivity contribution in [3.63, 3.8) is 0 Å². The first-order chi connectivity index (χ1) is 9.67. The first-order valence-electron chi connectivity index (χ1n) is 7.35. The summed E-state index contributed by atoms with van der Waals surface area (Å²) in [6.45, 7) is 12.4. The molecule has 0 radical (unpaired) electrons. The van der Waals surface area contributed by atoms with E-state index < -0.39 is 34.2 Å². The summed E-state index contributed by atoms with van der Waals surface area (Å²) in [5, 5.41) is 18.9. The van der Waals surface area contributed by atoms with E-state index in [-0.39, 0.29) is 12.8 Å². The second-order valence-corrected chi connectivity index (χ2v) is 8.29. The molecule has 1 heterocycles. The second kappa shape index (κ2) is 5.15. The lowest BCUT2D eigenvalue weighted by Gasteiger charge is -2.55. The van der Waals surface area contributed by atoms with E-state index in [0.29, 0.717) is 0 Å². The maximum absolute atomic E-state index is 12.6. The Morgan fingerprint density at radius 3 is 1.82 bits per heavy atom. The summed E-state index contributed by atoms with van der Waals surface area (Å²) in [5.41, 5.74) is -3.75. The Morgan fingerprint density at radius 2 is 1.55 bits per heavy atom. The Kier molecular flexibility index (Phi) is 4.28. The van der Waals surface area contributed by atoms with Crippen molar-refractivity contribution >= 4 is 12.1 Å². The standard InChI is InChI=1S/C16H26N2O4/c1-13(2,3)22-12(21)18-14(4,5)8-16(10-17,11(19)20)9-15(18,6)7/h8-9H2,1-7H3,(H,19,20). The van der Waals surface area contributed by atoms with Crippen molar-refractivity contribution in [2.75, 3.05) is 0 Å². The van der Waals surface area contributed by atoms with Crippen LogP contribution in [0, 0.1) is 16.7 Å². The Morgan fingerprint density at radius 1 is 1.14 bits per heavy atom. The summed E-state index contributed by atoms with van der Waals surface area (Å²) >= 11 is 0. The van der Waals surface area contributed by atoms with Gasteiger partial charge in [-0.05, 0) is 61.3 Å². The van der Waals surface area contributed by atoms with Crippen molar-refractivity contribution in [3.05, 3.63) is 0 Å². The van der Waals surface area contributed by atoms with Gasteiger partial charge in [0.2, 0.25) is 0 Å². The van der Waals surface area contributed by atoms with Crippen LogP contribution in [0.25, 0.3) is 0 Å². The lowest BCUT2D eigenvalue weighted by molar-refractivity contribution is -0.156. The Bertz CT molecular complexity index is 505. The highest BCUT2D eigenvalue weighted by molar-refractivity contribution is 5.80. The van der Waals surface area contributed by atoms with Gasteiger partial charge in [-0.15, -0.1) is 0 Å². The fourth-order valence-corrected chi connectivity index (χ4v) is 3.60. The van der Waals surface area contributed by atoms with Crippen LogP contribution in [0.15, 0.2) is 0 Å². The number of hydrogen-bond acceptors (Lipinski definition) is 4. The zero-order valence-electron chi connectivity index (χ0n) is 14.5. The molecule has 0 saturated carbocycles. The third-order valence-electron chi connectivity index (χ3n) is 3.88. The molecule has 0 aromatic rings. The molecule has 0 spiro atoms. The zero-order chi connectivity index (χ0) is 17.6. The zero-order valence-corrected chi connectivity index (χ0v) is 14.5. The van der Waals surface area contributed by atoms with Crippen molar-refractivity contribution in [2.24, 2.45) is 5.41 Å². The molecule has 1 aliphatic rings. The lowest BCUT2D eigenvalue weighted by Crippen LogP contribution is -2.66. The highest BCUT2D eigenvalue weighted by Gasteiger charge is 2.58. The van der Waals surface area contributed by atoms with Crippen LogP contribution in [0.5, 0.6) is 0 Å². The lowest BCUT2D eigenvalue weighted by atomic mass is 9.65. The van der Waals surface area contributed by atoms with Gasteiger partial charge in [-0.3, -0.25) is 9.69 Å². The molecule has 0 atom stereocenters. The first kappa shape index (κ1) is 18.3. The SMILES string of the molecule is CC(C)(C)OC(=O)N1C(C)(C)CC(C#N)(C(=O)O)CC1(C)C. The van der Waals surface area contributed by atoms with Crippen molar-refractivity contribution in [1.82, 2.24) is 4.90 Å².